The largest absolute Gasteiger partial charge is 0.352 e. The van der Waals surface area contributed by atoms with E-state index in [1.54, 1.807) is 0 Å². The summed E-state index contributed by atoms with van der Waals surface area (Å²) in [4.78, 5) is 24.4. The summed E-state index contributed by atoms with van der Waals surface area (Å²) < 4.78 is 1.01. The average molecular weight is 412 g/mol. The van der Waals surface area contributed by atoms with Crippen molar-refractivity contribution in [3.63, 3.8) is 0 Å². The molecule has 0 spiro atoms. The molecular formula is C17H22BrN3O2S. The minimum atomic E-state index is -0.863. The van der Waals surface area contributed by atoms with Gasteiger partial charge < -0.3 is 16.4 Å². The lowest BCUT2D eigenvalue weighted by Crippen LogP contribution is -2.61. The Kier molecular flexibility index (Phi) is 5.39. The summed E-state index contributed by atoms with van der Waals surface area (Å²) >= 11 is 5.32. The summed E-state index contributed by atoms with van der Waals surface area (Å²) in [5.74, 6) is 1.68. The quantitative estimate of drug-likeness (QED) is 0.713. The van der Waals surface area contributed by atoms with Crippen molar-refractivity contribution in [1.29, 1.82) is 0 Å². The molecule has 0 bridgehead atoms. The van der Waals surface area contributed by atoms with Crippen LogP contribution < -0.4 is 16.4 Å². The van der Waals surface area contributed by atoms with Crippen molar-refractivity contribution < 1.29 is 9.59 Å². The van der Waals surface area contributed by atoms with E-state index in [1.807, 2.05) is 17.8 Å². The molecule has 3 rings (SSSR count). The van der Waals surface area contributed by atoms with Crippen LogP contribution in [0.3, 0.4) is 0 Å². The minimum absolute atomic E-state index is 0.0442. The molecule has 0 saturated heterocycles. The number of halogens is 1. The van der Waals surface area contributed by atoms with Gasteiger partial charge in [-0.1, -0.05) is 41.3 Å². The average Bonchev–Trinajstić information content (AvgIpc) is 2.55. The number of nitrogens with one attached hydrogen (secondary N) is 2. The summed E-state index contributed by atoms with van der Waals surface area (Å²) in [6.07, 6.45) is 4.23. The molecule has 2 aliphatic rings. The van der Waals surface area contributed by atoms with Crippen LogP contribution in [0.1, 0.15) is 49.3 Å². The van der Waals surface area contributed by atoms with Crippen LogP contribution in [0.2, 0.25) is 0 Å². The molecule has 24 heavy (non-hydrogen) atoms. The number of thioether (sulfide) groups is 1. The highest BCUT2D eigenvalue weighted by Crippen LogP contribution is 2.35. The molecule has 3 amide bonds. The maximum Gasteiger partial charge on any atom is 0.313 e. The van der Waals surface area contributed by atoms with Crippen LogP contribution in [-0.2, 0) is 10.5 Å². The van der Waals surface area contributed by atoms with Crippen molar-refractivity contribution in [2.45, 2.75) is 49.4 Å². The van der Waals surface area contributed by atoms with E-state index in [2.05, 4.69) is 38.7 Å². The molecule has 1 aliphatic carbocycles. The Labute approximate surface area is 154 Å². The minimum Gasteiger partial charge on any atom is -0.352 e. The Hall–Kier alpha value is -1.21. The lowest BCUT2D eigenvalue weighted by molar-refractivity contribution is -0.129. The van der Waals surface area contributed by atoms with Crippen molar-refractivity contribution >= 4 is 39.6 Å². The zero-order chi connectivity index (χ0) is 17.2. The maximum absolute atomic E-state index is 13.0. The molecule has 5 nitrogen and oxygen atoms in total. The van der Waals surface area contributed by atoms with Crippen molar-refractivity contribution in [1.82, 2.24) is 10.6 Å². The first-order valence-corrected chi connectivity index (χ1v) is 10.2. The van der Waals surface area contributed by atoms with E-state index in [9.17, 15) is 9.59 Å². The van der Waals surface area contributed by atoms with Gasteiger partial charge in [-0.2, -0.15) is 11.8 Å². The summed E-state index contributed by atoms with van der Waals surface area (Å²) in [5, 5.41) is 5.90. The third-order valence-corrected chi connectivity index (χ3v) is 6.41. The van der Waals surface area contributed by atoms with E-state index in [4.69, 9.17) is 5.73 Å². The van der Waals surface area contributed by atoms with Crippen molar-refractivity contribution in [2.75, 3.05) is 5.75 Å². The number of fused-ring (bicyclic) bond motifs is 1. The van der Waals surface area contributed by atoms with Gasteiger partial charge in [0.05, 0.1) is 6.04 Å². The zero-order valence-electron chi connectivity index (χ0n) is 13.4. The molecule has 1 aliphatic heterocycles. The summed E-state index contributed by atoms with van der Waals surface area (Å²) in [7, 11) is 0. The fourth-order valence-electron chi connectivity index (χ4n) is 3.61. The number of carbonyl (C=O) groups is 2. The summed E-state index contributed by atoms with van der Waals surface area (Å²) in [6.45, 7) is 0. The van der Waals surface area contributed by atoms with Crippen molar-refractivity contribution in [3.8, 4) is 0 Å². The fourth-order valence-corrected chi connectivity index (χ4v) is 5.09. The van der Waals surface area contributed by atoms with Crippen LogP contribution in [-0.4, -0.2) is 23.2 Å². The van der Waals surface area contributed by atoms with Gasteiger partial charge in [-0.15, -0.1) is 0 Å². The van der Waals surface area contributed by atoms with Crippen LogP contribution in [0, 0.1) is 0 Å². The number of primary amides is 1. The Balaban J connectivity index is 1.81. The number of hydrogen-bond acceptors (Lipinski definition) is 3. The number of rotatable bonds is 3. The van der Waals surface area contributed by atoms with Gasteiger partial charge in [0.2, 0.25) is 5.91 Å². The van der Waals surface area contributed by atoms with Gasteiger partial charge in [0.25, 0.3) is 0 Å². The second-order valence-electron chi connectivity index (χ2n) is 6.52. The summed E-state index contributed by atoms with van der Waals surface area (Å²) in [5.41, 5.74) is 6.88. The topological polar surface area (TPSA) is 84.2 Å². The Morgan fingerprint density at radius 3 is 2.71 bits per heavy atom. The van der Waals surface area contributed by atoms with E-state index in [0.717, 1.165) is 40.8 Å². The smallest absolute Gasteiger partial charge is 0.313 e. The number of hydrogen-bond donors (Lipinski definition) is 3. The molecule has 1 unspecified atom stereocenters. The molecule has 0 aromatic heterocycles. The Bertz CT molecular complexity index is 647. The molecule has 1 aromatic carbocycles. The van der Waals surface area contributed by atoms with Crippen LogP contribution in [0.25, 0.3) is 0 Å². The Morgan fingerprint density at radius 2 is 2.00 bits per heavy atom. The normalized spacial score (nSPS) is 22.3. The number of amides is 3. The number of benzene rings is 1. The highest BCUT2D eigenvalue weighted by molar-refractivity contribution is 9.10. The van der Waals surface area contributed by atoms with E-state index in [-0.39, 0.29) is 11.9 Å². The molecule has 1 fully saturated rings. The number of nitrogens with two attached hydrogens (primary N) is 1. The molecular weight excluding hydrogens is 390 g/mol. The van der Waals surface area contributed by atoms with Crippen molar-refractivity contribution in [3.05, 3.63) is 33.8 Å². The van der Waals surface area contributed by atoms with Gasteiger partial charge in [0.1, 0.15) is 5.54 Å². The second-order valence-corrected chi connectivity index (χ2v) is 8.46. The monoisotopic (exact) mass is 411 g/mol. The first-order chi connectivity index (χ1) is 11.5. The van der Waals surface area contributed by atoms with Crippen LogP contribution in [0.4, 0.5) is 4.79 Å². The van der Waals surface area contributed by atoms with Gasteiger partial charge >= 0.3 is 6.03 Å². The molecule has 1 aromatic rings. The summed E-state index contributed by atoms with van der Waals surface area (Å²) in [6, 6.07) is 5.53. The van der Waals surface area contributed by atoms with Crippen molar-refractivity contribution in [2.24, 2.45) is 5.73 Å². The molecule has 1 atom stereocenters. The molecule has 0 radical (unpaired) electrons. The first kappa shape index (κ1) is 17.6. The Morgan fingerprint density at radius 1 is 1.25 bits per heavy atom. The molecule has 130 valence electrons. The molecule has 1 saturated carbocycles. The van der Waals surface area contributed by atoms with Crippen LogP contribution in [0.5, 0.6) is 0 Å². The molecule has 4 N–H and O–H groups in total. The third-order valence-electron chi connectivity index (χ3n) is 4.83. The van der Waals surface area contributed by atoms with Gasteiger partial charge in [0, 0.05) is 16.0 Å². The van der Waals surface area contributed by atoms with Gasteiger partial charge in [-0.05, 0) is 36.1 Å². The van der Waals surface area contributed by atoms with E-state index >= 15 is 0 Å². The van der Waals surface area contributed by atoms with E-state index < -0.39 is 11.6 Å². The highest BCUT2D eigenvalue weighted by Gasteiger charge is 2.41. The first-order valence-electron chi connectivity index (χ1n) is 8.25. The van der Waals surface area contributed by atoms with E-state index in [1.165, 1.54) is 5.56 Å². The van der Waals surface area contributed by atoms with Gasteiger partial charge in [0.15, 0.2) is 0 Å². The molecule has 1 heterocycles. The van der Waals surface area contributed by atoms with Gasteiger partial charge in [-0.3, -0.25) is 4.79 Å². The maximum atomic E-state index is 13.0. The highest BCUT2D eigenvalue weighted by atomic mass is 79.9. The second kappa shape index (κ2) is 7.35. The number of carbonyl (C=O) groups excluding carboxylic acids is 2. The van der Waals surface area contributed by atoms with Crippen LogP contribution in [0.15, 0.2) is 22.7 Å². The predicted molar refractivity (Wildman–Crippen MR) is 99.7 cm³/mol. The SMILES string of the molecule is NC(=O)NC1(C(=O)NC2CSCc3ccc(Br)cc32)CCCCC1. The zero-order valence-corrected chi connectivity index (χ0v) is 15.8. The standard InChI is InChI=1S/C17H22BrN3O2S/c18-12-5-4-11-9-24-10-14(13(11)8-12)20-15(22)17(21-16(19)23)6-2-1-3-7-17/h4-5,8,14H,1-3,6-7,9-10H2,(H,20,22)(H3,19,21,23). The predicted octanol–water partition coefficient (Wildman–Crippen LogP) is 3.22. The van der Waals surface area contributed by atoms with E-state index in [0.29, 0.717) is 12.8 Å². The van der Waals surface area contributed by atoms with Gasteiger partial charge in [-0.25, -0.2) is 4.79 Å². The number of urea groups is 1. The fraction of sp³-hybridized carbons (Fsp3) is 0.529. The van der Waals surface area contributed by atoms with Crippen LogP contribution >= 0.6 is 27.7 Å². The lowest BCUT2D eigenvalue weighted by atomic mass is 9.80. The third kappa shape index (κ3) is 3.72. The lowest BCUT2D eigenvalue weighted by Gasteiger charge is -2.38. The molecule has 7 heteroatoms.